The second-order valence-electron chi connectivity index (χ2n) is 4.73. The van der Waals surface area contributed by atoms with Crippen LogP contribution in [0.2, 0.25) is 0 Å². The fraction of sp³-hybridized carbons (Fsp3) is 0.467. The molecule has 0 unspecified atom stereocenters. The molecule has 0 amide bonds. The minimum absolute atomic E-state index is 0.183. The summed E-state index contributed by atoms with van der Waals surface area (Å²) in [6.45, 7) is 3.26. The van der Waals surface area contributed by atoms with E-state index in [1.165, 1.54) is 12.1 Å². The Bertz CT molecular complexity index is 499. The van der Waals surface area contributed by atoms with Gasteiger partial charge in [0.2, 0.25) is 0 Å². The first kappa shape index (κ1) is 14.9. The first-order valence-electron chi connectivity index (χ1n) is 6.48. The molecule has 1 fully saturated rings. The number of benzene rings is 1. The van der Waals surface area contributed by atoms with Gasteiger partial charge in [-0.3, -0.25) is 0 Å². The molecule has 2 rings (SSSR count). The maximum atomic E-state index is 12.4. The minimum Gasteiger partial charge on any atom is -0.377 e. The molecule has 0 radical (unpaired) electrons. The number of nitrogens with one attached hydrogen (secondary N) is 1. The van der Waals surface area contributed by atoms with Gasteiger partial charge in [0.15, 0.2) is 0 Å². The van der Waals surface area contributed by atoms with E-state index in [9.17, 15) is 13.2 Å². The van der Waals surface area contributed by atoms with Crippen LogP contribution < -0.4 is 5.32 Å². The predicted molar refractivity (Wildman–Crippen MR) is 70.1 cm³/mol. The van der Waals surface area contributed by atoms with Gasteiger partial charge in [-0.15, -0.1) is 0 Å². The quantitative estimate of drug-likeness (QED) is 0.843. The zero-order valence-corrected chi connectivity index (χ0v) is 11.1. The summed E-state index contributed by atoms with van der Waals surface area (Å²) in [5, 5.41) is 3.26. The third-order valence-corrected chi connectivity index (χ3v) is 3.27. The highest BCUT2D eigenvalue weighted by molar-refractivity contribution is 5.37. The maximum Gasteiger partial charge on any atom is 0.416 e. The van der Waals surface area contributed by atoms with Gasteiger partial charge in [0.1, 0.15) is 0 Å². The van der Waals surface area contributed by atoms with Crippen LogP contribution in [0.5, 0.6) is 0 Å². The molecule has 2 atom stereocenters. The van der Waals surface area contributed by atoms with Crippen molar-refractivity contribution in [1.82, 2.24) is 5.32 Å². The van der Waals surface area contributed by atoms with Crippen molar-refractivity contribution in [3.05, 3.63) is 35.4 Å². The van der Waals surface area contributed by atoms with Crippen LogP contribution in [0.25, 0.3) is 0 Å². The second-order valence-corrected chi connectivity index (χ2v) is 4.73. The second kappa shape index (κ2) is 6.29. The van der Waals surface area contributed by atoms with Crippen LogP contribution in [0, 0.1) is 11.8 Å². The Morgan fingerprint density at radius 2 is 2.00 bits per heavy atom. The topological polar surface area (TPSA) is 21.3 Å². The van der Waals surface area contributed by atoms with Crippen LogP contribution >= 0.6 is 0 Å². The van der Waals surface area contributed by atoms with Crippen LogP contribution in [-0.2, 0) is 10.9 Å². The predicted octanol–water partition coefficient (Wildman–Crippen LogP) is 2.82. The van der Waals surface area contributed by atoms with Gasteiger partial charge >= 0.3 is 6.18 Å². The van der Waals surface area contributed by atoms with E-state index in [1.807, 2.05) is 6.92 Å². The fourth-order valence-electron chi connectivity index (χ4n) is 2.07. The molecular weight excluding hydrogens is 267 g/mol. The lowest BCUT2D eigenvalue weighted by molar-refractivity contribution is -0.137. The average Bonchev–Trinajstić information content (AvgIpc) is 2.80. The Kier molecular flexibility index (Phi) is 4.69. The standard InChI is InChI=1S/C15H16F3NO/c1-11-14(8-10-20-11)19-9-2-3-12-4-6-13(7-5-12)15(16,17)18/h4-7,11,14,19H,8-10H2,1H3/t11-,14+/m0/s1. The molecule has 1 N–H and O–H groups in total. The molecule has 0 bridgehead atoms. The Hall–Kier alpha value is -1.51. The van der Waals surface area contributed by atoms with Crippen molar-refractivity contribution in [2.24, 2.45) is 0 Å². The van der Waals surface area contributed by atoms with Gasteiger partial charge < -0.3 is 10.1 Å². The van der Waals surface area contributed by atoms with E-state index in [0.717, 1.165) is 25.2 Å². The summed E-state index contributed by atoms with van der Waals surface area (Å²) in [7, 11) is 0. The lowest BCUT2D eigenvalue weighted by atomic mass is 10.1. The highest BCUT2D eigenvalue weighted by atomic mass is 19.4. The molecule has 0 aromatic heterocycles. The molecule has 1 aromatic carbocycles. The normalized spacial score (nSPS) is 22.4. The Morgan fingerprint density at radius 1 is 1.30 bits per heavy atom. The van der Waals surface area contributed by atoms with Gasteiger partial charge in [0, 0.05) is 18.2 Å². The molecule has 0 saturated carbocycles. The number of alkyl halides is 3. The summed E-state index contributed by atoms with van der Waals surface area (Å²) in [5.41, 5.74) is -0.0753. The summed E-state index contributed by atoms with van der Waals surface area (Å²) in [6, 6.07) is 5.17. The number of ether oxygens (including phenoxy) is 1. The number of rotatable bonds is 2. The molecule has 1 aromatic rings. The van der Waals surface area contributed by atoms with Crippen molar-refractivity contribution in [2.75, 3.05) is 13.2 Å². The molecule has 5 heteroatoms. The SMILES string of the molecule is C[C@@H]1OCC[C@H]1NCC#Cc1ccc(C(F)(F)F)cc1. The van der Waals surface area contributed by atoms with Crippen molar-refractivity contribution >= 4 is 0 Å². The van der Waals surface area contributed by atoms with Crippen LogP contribution in [0.1, 0.15) is 24.5 Å². The van der Waals surface area contributed by atoms with E-state index in [1.54, 1.807) is 0 Å². The number of hydrogen-bond acceptors (Lipinski definition) is 2. The Labute approximate surface area is 116 Å². The van der Waals surface area contributed by atoms with Crippen LogP contribution in [-0.4, -0.2) is 25.3 Å². The highest BCUT2D eigenvalue weighted by Gasteiger charge is 2.29. The molecule has 0 spiro atoms. The van der Waals surface area contributed by atoms with Crippen LogP contribution in [0.4, 0.5) is 13.2 Å². The van der Waals surface area contributed by atoms with Crippen molar-refractivity contribution in [2.45, 2.75) is 31.7 Å². The molecular formula is C15H16F3NO. The molecule has 1 saturated heterocycles. The van der Waals surface area contributed by atoms with Gasteiger partial charge in [-0.05, 0) is 37.6 Å². The third-order valence-electron chi connectivity index (χ3n) is 3.27. The molecule has 1 heterocycles. The van der Waals surface area contributed by atoms with E-state index in [-0.39, 0.29) is 6.10 Å². The van der Waals surface area contributed by atoms with E-state index in [0.29, 0.717) is 18.2 Å². The van der Waals surface area contributed by atoms with Gasteiger partial charge in [-0.2, -0.15) is 13.2 Å². The zero-order valence-electron chi connectivity index (χ0n) is 11.1. The summed E-state index contributed by atoms with van der Waals surface area (Å²) in [4.78, 5) is 0. The van der Waals surface area contributed by atoms with E-state index in [4.69, 9.17) is 4.74 Å². The number of hydrogen-bond donors (Lipinski definition) is 1. The molecule has 0 aliphatic carbocycles. The van der Waals surface area contributed by atoms with Crippen molar-refractivity contribution in [3.63, 3.8) is 0 Å². The first-order chi connectivity index (χ1) is 9.47. The largest absolute Gasteiger partial charge is 0.416 e. The molecule has 108 valence electrons. The van der Waals surface area contributed by atoms with Gasteiger partial charge in [0.25, 0.3) is 0 Å². The van der Waals surface area contributed by atoms with Crippen molar-refractivity contribution < 1.29 is 17.9 Å². The highest BCUT2D eigenvalue weighted by Crippen LogP contribution is 2.28. The maximum absolute atomic E-state index is 12.4. The van der Waals surface area contributed by atoms with Crippen molar-refractivity contribution in [1.29, 1.82) is 0 Å². The van der Waals surface area contributed by atoms with Crippen molar-refractivity contribution in [3.8, 4) is 11.8 Å². The monoisotopic (exact) mass is 283 g/mol. The zero-order chi connectivity index (χ0) is 14.6. The first-order valence-corrected chi connectivity index (χ1v) is 6.48. The summed E-state index contributed by atoms with van der Waals surface area (Å²) >= 11 is 0. The van der Waals surface area contributed by atoms with E-state index in [2.05, 4.69) is 17.2 Å². The third kappa shape index (κ3) is 3.99. The fourth-order valence-corrected chi connectivity index (χ4v) is 2.07. The lowest BCUT2D eigenvalue weighted by Crippen LogP contribution is -2.34. The van der Waals surface area contributed by atoms with E-state index < -0.39 is 11.7 Å². The smallest absolute Gasteiger partial charge is 0.377 e. The Morgan fingerprint density at radius 3 is 2.55 bits per heavy atom. The van der Waals surface area contributed by atoms with Gasteiger partial charge in [-0.1, -0.05) is 11.8 Å². The lowest BCUT2D eigenvalue weighted by Gasteiger charge is -2.13. The minimum atomic E-state index is -4.30. The number of halogens is 3. The molecule has 2 nitrogen and oxygen atoms in total. The average molecular weight is 283 g/mol. The summed E-state index contributed by atoms with van der Waals surface area (Å²) in [6.07, 6.45) is -3.15. The molecule has 1 aliphatic heterocycles. The Balaban J connectivity index is 1.86. The molecule has 20 heavy (non-hydrogen) atoms. The van der Waals surface area contributed by atoms with Crippen LogP contribution in [0.3, 0.4) is 0 Å². The van der Waals surface area contributed by atoms with Gasteiger partial charge in [-0.25, -0.2) is 0 Å². The van der Waals surface area contributed by atoms with E-state index >= 15 is 0 Å². The summed E-state index contributed by atoms with van der Waals surface area (Å²) in [5.74, 6) is 5.75. The van der Waals surface area contributed by atoms with Gasteiger partial charge in [0.05, 0.1) is 18.2 Å². The molecule has 1 aliphatic rings. The summed E-state index contributed by atoms with van der Waals surface area (Å²) < 4.78 is 42.5. The van der Waals surface area contributed by atoms with Crippen LogP contribution in [0.15, 0.2) is 24.3 Å².